The minimum atomic E-state index is -1.13. The van der Waals surface area contributed by atoms with E-state index in [1.54, 1.807) is 103 Å². The summed E-state index contributed by atoms with van der Waals surface area (Å²) < 4.78 is 0. The Kier molecular flexibility index (Phi) is 8.92. The number of hydrogen-bond donors (Lipinski definition) is 4. The van der Waals surface area contributed by atoms with Gasteiger partial charge in [0.1, 0.15) is 0 Å². The summed E-state index contributed by atoms with van der Waals surface area (Å²) in [6, 6.07) is 31.6. The highest BCUT2D eigenvalue weighted by molar-refractivity contribution is 7.99. The van der Waals surface area contributed by atoms with Gasteiger partial charge in [-0.15, -0.1) is 11.8 Å². The largest absolute Gasteiger partial charge is 0.478 e. The first kappa shape index (κ1) is 35.3. The molecule has 0 radical (unpaired) electrons. The van der Waals surface area contributed by atoms with Crippen molar-refractivity contribution < 1.29 is 19.8 Å². The number of aromatic carboxylic acids is 2. The Labute approximate surface area is 317 Å². The number of aromatic amines is 2. The first-order valence-electron chi connectivity index (χ1n) is 16.7. The molecule has 4 N–H and O–H groups in total. The van der Waals surface area contributed by atoms with Crippen molar-refractivity contribution in [1.82, 2.24) is 9.97 Å². The molecule has 0 aliphatic heterocycles. The number of carboxylic acids is 2. The third kappa shape index (κ3) is 5.88. The number of thioether (sulfide) groups is 1. The zero-order valence-corrected chi connectivity index (χ0v) is 30.3. The molecular formula is C43H26N2O8S2. The van der Waals surface area contributed by atoms with Gasteiger partial charge in [0, 0.05) is 47.0 Å². The average Bonchev–Trinajstić information content (AvgIpc) is 3.20. The number of H-pyrrole nitrogens is 2. The van der Waals surface area contributed by atoms with E-state index in [9.17, 15) is 33.9 Å². The second-order valence-electron chi connectivity index (χ2n) is 12.5. The Morgan fingerprint density at radius 2 is 0.927 bits per heavy atom. The molecule has 1 aromatic heterocycles. The molecule has 55 heavy (non-hydrogen) atoms. The van der Waals surface area contributed by atoms with Gasteiger partial charge in [0.25, 0.3) is 0 Å². The molecule has 0 unspecified atom stereocenters. The summed E-state index contributed by atoms with van der Waals surface area (Å²) in [7, 11) is 0. The maximum atomic E-state index is 14.1. The van der Waals surface area contributed by atoms with E-state index < -0.39 is 11.9 Å². The van der Waals surface area contributed by atoms with Crippen LogP contribution in [0.15, 0.2) is 149 Å². The van der Waals surface area contributed by atoms with Crippen LogP contribution in [0, 0.1) is 0 Å². The molecule has 0 saturated heterocycles. The van der Waals surface area contributed by atoms with E-state index in [0.717, 1.165) is 16.7 Å². The van der Waals surface area contributed by atoms with Crippen LogP contribution in [0.1, 0.15) is 20.7 Å². The second kappa shape index (κ2) is 13.9. The summed E-state index contributed by atoms with van der Waals surface area (Å²) >= 11 is 2.51. The Hall–Kier alpha value is -6.76. The van der Waals surface area contributed by atoms with Crippen LogP contribution in [0.2, 0.25) is 0 Å². The minimum Gasteiger partial charge on any atom is -0.478 e. The van der Waals surface area contributed by atoms with Crippen molar-refractivity contribution in [2.45, 2.75) is 14.7 Å². The van der Waals surface area contributed by atoms with Crippen molar-refractivity contribution in [3.63, 3.8) is 0 Å². The van der Waals surface area contributed by atoms with Gasteiger partial charge in [-0.2, -0.15) is 0 Å². The highest BCUT2D eigenvalue weighted by Crippen LogP contribution is 2.38. The Morgan fingerprint density at radius 3 is 1.49 bits per heavy atom. The first-order valence-corrected chi connectivity index (χ1v) is 18.8. The van der Waals surface area contributed by atoms with Crippen LogP contribution in [0.4, 0.5) is 0 Å². The molecule has 0 amide bonds. The van der Waals surface area contributed by atoms with Crippen LogP contribution in [0.25, 0.3) is 65.2 Å². The molecule has 12 heteroatoms. The predicted octanol–water partition coefficient (Wildman–Crippen LogP) is 8.10. The molecular weight excluding hydrogens is 737 g/mol. The fourth-order valence-corrected chi connectivity index (χ4v) is 8.64. The average molecular weight is 763 g/mol. The Bertz CT molecular complexity index is 3340. The molecule has 0 atom stereocenters. The number of rotatable bonds is 5. The van der Waals surface area contributed by atoms with Crippen LogP contribution >= 0.6 is 23.5 Å². The zero-order chi connectivity index (χ0) is 38.5. The summed E-state index contributed by atoms with van der Waals surface area (Å²) in [4.78, 5) is 85.9. The molecule has 1 heterocycles. The minimum absolute atomic E-state index is 0.0484. The maximum Gasteiger partial charge on any atom is 0.336 e. The van der Waals surface area contributed by atoms with Gasteiger partial charge in [-0.25, -0.2) is 9.59 Å². The van der Waals surface area contributed by atoms with Gasteiger partial charge in [0.2, 0.25) is 0 Å². The molecule has 0 spiro atoms. The highest BCUT2D eigenvalue weighted by atomic mass is 32.2. The van der Waals surface area contributed by atoms with Gasteiger partial charge >= 0.3 is 11.9 Å². The van der Waals surface area contributed by atoms with Crippen molar-refractivity contribution in [1.29, 1.82) is 0 Å². The molecule has 0 bridgehead atoms. The number of nitrogens with one attached hydrogen (secondary N) is 2. The summed E-state index contributed by atoms with van der Waals surface area (Å²) in [5.74, 6) is -1.99. The lowest BCUT2D eigenvalue weighted by Gasteiger charge is -2.14. The van der Waals surface area contributed by atoms with Gasteiger partial charge in [-0.1, -0.05) is 84.6 Å². The van der Waals surface area contributed by atoms with Crippen LogP contribution in [-0.2, 0) is 0 Å². The molecule has 10 nitrogen and oxygen atoms in total. The summed E-state index contributed by atoms with van der Waals surface area (Å²) in [6.07, 6.45) is 1.86. The van der Waals surface area contributed by atoms with Crippen molar-refractivity contribution in [2.24, 2.45) is 0 Å². The lowest BCUT2D eigenvalue weighted by molar-refractivity contribution is 0.0682. The van der Waals surface area contributed by atoms with E-state index in [0.29, 0.717) is 48.2 Å². The molecule has 0 aliphatic rings. The van der Waals surface area contributed by atoms with Gasteiger partial charge in [-0.05, 0) is 48.7 Å². The number of carboxylic acid groups (broad SMARTS) is 2. The number of benzene rings is 8. The van der Waals surface area contributed by atoms with Gasteiger partial charge in [0.05, 0.1) is 44.0 Å². The van der Waals surface area contributed by atoms with E-state index in [2.05, 4.69) is 9.97 Å². The van der Waals surface area contributed by atoms with Crippen LogP contribution in [0.3, 0.4) is 0 Å². The number of aromatic nitrogens is 2. The van der Waals surface area contributed by atoms with Crippen LogP contribution in [0.5, 0.6) is 0 Å². The summed E-state index contributed by atoms with van der Waals surface area (Å²) in [6.45, 7) is 0. The van der Waals surface area contributed by atoms with Crippen molar-refractivity contribution in [2.75, 3.05) is 6.26 Å². The lowest BCUT2D eigenvalue weighted by atomic mass is 9.99. The standard InChI is InChI=1S/C35H18N2O6S.C8H8O2S/c38-31-16-7-1-2-8-17(16)32(39)26-21(31)13-14-22-29(26)37-23-15-25(44-24-12-6-5-11-20(24)35(42)43)27-28(30(23)36-22)34(41)19-10-4-3-9-18(19)33(27)40;1-11-7-5-3-2-4-6(7)8(9)10/h1-15,36-37H,(H,42,43);2-5H,1H3,(H,9,10). The predicted molar refractivity (Wildman–Crippen MR) is 219 cm³/mol. The normalized spacial score (nSPS) is 11.4. The molecule has 268 valence electrons. The van der Waals surface area contributed by atoms with Crippen molar-refractivity contribution in [3.05, 3.63) is 167 Å². The maximum absolute atomic E-state index is 14.1. The smallest absolute Gasteiger partial charge is 0.336 e. The number of fused-ring (bicyclic) bond motifs is 8. The molecule has 9 aromatic rings. The highest BCUT2D eigenvalue weighted by Gasteiger charge is 2.22. The Balaban J connectivity index is 0.000000337. The van der Waals surface area contributed by atoms with Gasteiger partial charge in [0.15, 0.2) is 21.7 Å². The lowest BCUT2D eigenvalue weighted by Crippen LogP contribution is -2.15. The topological polar surface area (TPSA) is 174 Å². The van der Waals surface area contributed by atoms with Gasteiger partial charge in [-0.3, -0.25) is 19.2 Å². The van der Waals surface area contributed by atoms with Crippen molar-refractivity contribution >= 4 is 101 Å². The third-order valence-corrected chi connectivity index (χ3v) is 11.4. The summed E-state index contributed by atoms with van der Waals surface area (Å²) in [5.41, 5.74) is 0.718. The number of carbonyl (C=O) groups is 2. The van der Waals surface area contributed by atoms with Crippen LogP contribution < -0.4 is 21.7 Å². The van der Waals surface area contributed by atoms with Crippen LogP contribution in [-0.4, -0.2) is 38.4 Å². The van der Waals surface area contributed by atoms with Crippen molar-refractivity contribution in [3.8, 4) is 0 Å². The molecule has 0 fully saturated rings. The van der Waals surface area contributed by atoms with E-state index in [4.69, 9.17) is 5.11 Å². The molecule has 0 aliphatic carbocycles. The second-order valence-corrected chi connectivity index (χ2v) is 14.5. The fraction of sp³-hybridized carbons (Fsp3) is 0.0233. The molecule has 9 rings (SSSR count). The molecule has 0 saturated carbocycles. The Morgan fingerprint density at radius 1 is 0.473 bits per heavy atom. The molecule has 8 aromatic carbocycles. The van der Waals surface area contributed by atoms with E-state index >= 15 is 0 Å². The zero-order valence-electron chi connectivity index (χ0n) is 28.6. The quantitative estimate of drug-likeness (QED) is 0.0762. The summed E-state index contributed by atoms with van der Waals surface area (Å²) in [5, 5.41) is 20.4. The third-order valence-electron chi connectivity index (χ3n) is 9.45. The number of hydrogen-bond acceptors (Lipinski definition) is 8. The van der Waals surface area contributed by atoms with E-state index in [-0.39, 0.29) is 59.6 Å². The first-order chi connectivity index (χ1) is 26.6. The SMILES string of the molecule is CSc1ccccc1C(=O)O.O=C(O)c1ccccc1Sc1cc2[nH]c3c(ccc4c(=O)c5ccccc5c(=O)c43)[nH]c2c2c(=O)c3ccccc3c(=O)c12. The monoisotopic (exact) mass is 762 g/mol. The fourth-order valence-electron chi connectivity index (χ4n) is 6.93. The van der Waals surface area contributed by atoms with Gasteiger partial charge < -0.3 is 20.2 Å². The van der Waals surface area contributed by atoms with E-state index in [1.165, 1.54) is 17.8 Å². The van der Waals surface area contributed by atoms with E-state index in [1.807, 2.05) is 12.3 Å².